The minimum atomic E-state index is -0.372. The van der Waals surface area contributed by atoms with Gasteiger partial charge in [0.2, 0.25) is 5.91 Å². The molecule has 6 nitrogen and oxygen atoms in total. The van der Waals surface area contributed by atoms with Crippen molar-refractivity contribution in [3.63, 3.8) is 0 Å². The van der Waals surface area contributed by atoms with Gasteiger partial charge in [0, 0.05) is 24.6 Å². The van der Waals surface area contributed by atoms with Gasteiger partial charge in [-0.1, -0.05) is 29.4 Å². The van der Waals surface area contributed by atoms with E-state index in [1.54, 1.807) is 36.1 Å². The molecule has 1 aliphatic rings. The number of nitrogens with two attached hydrogens (primary N) is 1. The Bertz CT molecular complexity index is 525. The number of benzene rings is 1. The monoisotopic (exact) mass is 291 g/mol. The lowest BCUT2D eigenvalue weighted by molar-refractivity contribution is -0.129. The lowest BCUT2D eigenvalue weighted by Crippen LogP contribution is -2.31. The van der Waals surface area contributed by atoms with Crippen LogP contribution in [0.15, 0.2) is 29.4 Å². The molecule has 1 amide bonds. The Hall–Kier alpha value is -2.08. The third-order valence-electron chi connectivity index (χ3n) is 3.97. The number of likely N-dealkylation sites (tertiary alicyclic amines) is 1. The molecule has 4 N–H and O–H groups in total. The van der Waals surface area contributed by atoms with Crippen LogP contribution in [0.1, 0.15) is 24.5 Å². The molecule has 1 heterocycles. The highest BCUT2D eigenvalue weighted by molar-refractivity contribution is 5.97. The van der Waals surface area contributed by atoms with Crippen LogP contribution in [0.2, 0.25) is 0 Å². The minimum absolute atomic E-state index is 0.0483. The number of carbonyl (C=O) groups is 1. The summed E-state index contributed by atoms with van der Waals surface area (Å²) in [6, 6.07) is 7.04. The van der Waals surface area contributed by atoms with Gasteiger partial charge in [-0.3, -0.25) is 4.79 Å². The SMILES string of the molecule is CC(O)C1CCN(C(=O)Cc2ccc(/C(N)=N/O)cc2)C1. The Morgan fingerprint density at radius 2 is 2.14 bits per heavy atom. The molecule has 0 aromatic heterocycles. The summed E-state index contributed by atoms with van der Waals surface area (Å²) >= 11 is 0. The molecule has 1 aliphatic heterocycles. The van der Waals surface area contributed by atoms with Crippen LogP contribution in [-0.2, 0) is 11.2 Å². The van der Waals surface area contributed by atoms with Crippen molar-refractivity contribution in [2.24, 2.45) is 16.8 Å². The molecule has 2 unspecified atom stereocenters. The molecule has 6 heteroatoms. The summed E-state index contributed by atoms with van der Waals surface area (Å²) in [4.78, 5) is 14.0. The molecule has 2 atom stereocenters. The Morgan fingerprint density at radius 1 is 1.48 bits per heavy atom. The first-order chi connectivity index (χ1) is 10.0. The summed E-state index contributed by atoms with van der Waals surface area (Å²) in [7, 11) is 0. The normalized spacial score (nSPS) is 20.6. The molecule has 0 spiro atoms. The summed E-state index contributed by atoms with van der Waals surface area (Å²) < 4.78 is 0. The van der Waals surface area contributed by atoms with Crippen molar-refractivity contribution in [3.05, 3.63) is 35.4 Å². The highest BCUT2D eigenvalue weighted by atomic mass is 16.4. The number of aliphatic hydroxyl groups excluding tert-OH is 1. The van der Waals surface area contributed by atoms with Crippen molar-refractivity contribution in [2.45, 2.75) is 25.9 Å². The second-order valence-electron chi connectivity index (χ2n) is 5.49. The summed E-state index contributed by atoms with van der Waals surface area (Å²) in [5.41, 5.74) is 6.99. The minimum Gasteiger partial charge on any atom is -0.409 e. The van der Waals surface area contributed by atoms with Crippen LogP contribution in [0, 0.1) is 5.92 Å². The maximum Gasteiger partial charge on any atom is 0.227 e. The van der Waals surface area contributed by atoms with Gasteiger partial charge in [0.05, 0.1) is 12.5 Å². The number of amidine groups is 1. The molecule has 0 radical (unpaired) electrons. The van der Waals surface area contributed by atoms with Gasteiger partial charge < -0.3 is 20.9 Å². The molecule has 0 bridgehead atoms. The zero-order chi connectivity index (χ0) is 15.4. The van der Waals surface area contributed by atoms with Crippen LogP contribution in [-0.4, -0.2) is 46.1 Å². The summed E-state index contributed by atoms with van der Waals surface area (Å²) in [6.45, 7) is 3.10. The smallest absolute Gasteiger partial charge is 0.227 e. The number of amides is 1. The second-order valence-corrected chi connectivity index (χ2v) is 5.49. The molecule has 1 aromatic rings. The largest absolute Gasteiger partial charge is 0.409 e. The molecule has 2 rings (SSSR count). The number of hydrogen-bond acceptors (Lipinski definition) is 4. The molecular weight excluding hydrogens is 270 g/mol. The first-order valence-electron chi connectivity index (χ1n) is 7.04. The van der Waals surface area contributed by atoms with E-state index in [-0.39, 0.29) is 23.8 Å². The van der Waals surface area contributed by atoms with Crippen LogP contribution < -0.4 is 5.73 Å². The summed E-state index contributed by atoms with van der Waals surface area (Å²) in [5.74, 6) is 0.291. The quantitative estimate of drug-likeness (QED) is 0.326. The molecule has 1 aromatic carbocycles. The third kappa shape index (κ3) is 3.72. The van der Waals surface area contributed by atoms with Gasteiger partial charge in [0.25, 0.3) is 0 Å². The molecule has 0 aliphatic carbocycles. The van der Waals surface area contributed by atoms with Crippen LogP contribution >= 0.6 is 0 Å². The van der Waals surface area contributed by atoms with Crippen LogP contribution in [0.5, 0.6) is 0 Å². The van der Waals surface area contributed by atoms with E-state index in [4.69, 9.17) is 10.9 Å². The van der Waals surface area contributed by atoms with E-state index in [1.165, 1.54) is 0 Å². The van der Waals surface area contributed by atoms with Gasteiger partial charge in [-0.2, -0.15) is 0 Å². The van der Waals surface area contributed by atoms with Gasteiger partial charge in [-0.25, -0.2) is 0 Å². The number of nitrogens with zero attached hydrogens (tertiary/aromatic N) is 2. The third-order valence-corrected chi connectivity index (χ3v) is 3.97. The van der Waals surface area contributed by atoms with E-state index in [0.717, 1.165) is 12.0 Å². The predicted molar refractivity (Wildman–Crippen MR) is 79.0 cm³/mol. The summed E-state index contributed by atoms with van der Waals surface area (Å²) in [5, 5.41) is 21.1. The number of rotatable bonds is 4. The molecule has 114 valence electrons. The van der Waals surface area contributed by atoms with Crippen molar-refractivity contribution in [1.82, 2.24) is 4.90 Å². The van der Waals surface area contributed by atoms with Gasteiger partial charge >= 0.3 is 0 Å². The highest BCUT2D eigenvalue weighted by Gasteiger charge is 2.28. The molecule has 21 heavy (non-hydrogen) atoms. The van der Waals surface area contributed by atoms with E-state index in [9.17, 15) is 9.90 Å². The topological polar surface area (TPSA) is 99.2 Å². The summed E-state index contributed by atoms with van der Waals surface area (Å²) in [6.07, 6.45) is 0.803. The zero-order valence-corrected chi connectivity index (χ0v) is 12.1. The second kappa shape index (κ2) is 6.58. The lowest BCUT2D eigenvalue weighted by atomic mass is 10.0. The maximum absolute atomic E-state index is 12.2. The fourth-order valence-electron chi connectivity index (χ4n) is 2.55. The maximum atomic E-state index is 12.2. The first-order valence-corrected chi connectivity index (χ1v) is 7.04. The van der Waals surface area contributed by atoms with Crippen molar-refractivity contribution in [3.8, 4) is 0 Å². The van der Waals surface area contributed by atoms with E-state index >= 15 is 0 Å². The van der Waals surface area contributed by atoms with Crippen molar-refractivity contribution >= 4 is 11.7 Å². The fraction of sp³-hybridized carbons (Fsp3) is 0.467. The van der Waals surface area contributed by atoms with E-state index in [1.807, 2.05) is 0 Å². The van der Waals surface area contributed by atoms with Crippen molar-refractivity contribution in [1.29, 1.82) is 0 Å². The van der Waals surface area contributed by atoms with Gasteiger partial charge in [0.15, 0.2) is 5.84 Å². The Morgan fingerprint density at radius 3 is 2.67 bits per heavy atom. The zero-order valence-electron chi connectivity index (χ0n) is 12.1. The van der Waals surface area contributed by atoms with E-state index in [2.05, 4.69) is 5.16 Å². The van der Waals surface area contributed by atoms with Gasteiger partial charge in [-0.05, 0) is 18.9 Å². The van der Waals surface area contributed by atoms with E-state index < -0.39 is 0 Å². The molecule has 0 saturated carbocycles. The van der Waals surface area contributed by atoms with Crippen molar-refractivity contribution < 1.29 is 15.1 Å². The van der Waals surface area contributed by atoms with Gasteiger partial charge in [-0.15, -0.1) is 0 Å². The average Bonchev–Trinajstić information content (AvgIpc) is 2.97. The molecule has 1 saturated heterocycles. The fourth-order valence-corrected chi connectivity index (χ4v) is 2.55. The van der Waals surface area contributed by atoms with Crippen molar-refractivity contribution in [2.75, 3.05) is 13.1 Å². The van der Waals surface area contributed by atoms with Crippen LogP contribution in [0.4, 0.5) is 0 Å². The van der Waals surface area contributed by atoms with Crippen LogP contribution in [0.25, 0.3) is 0 Å². The first kappa shape index (κ1) is 15.3. The molecular formula is C15H21N3O3. The Kier molecular flexibility index (Phi) is 4.80. The standard InChI is InChI=1S/C15H21N3O3/c1-10(19)13-6-7-18(9-13)14(20)8-11-2-4-12(5-3-11)15(16)17-21/h2-5,10,13,19,21H,6-9H2,1H3,(H2,16,17). The highest BCUT2D eigenvalue weighted by Crippen LogP contribution is 2.20. The van der Waals surface area contributed by atoms with E-state index in [0.29, 0.717) is 25.1 Å². The Balaban J connectivity index is 1.94. The number of carbonyl (C=O) groups excluding carboxylic acids is 1. The number of hydrogen-bond donors (Lipinski definition) is 3. The predicted octanol–water partition coefficient (Wildman–Crippen LogP) is 0.553. The average molecular weight is 291 g/mol. The van der Waals surface area contributed by atoms with Gasteiger partial charge in [0.1, 0.15) is 0 Å². The lowest BCUT2D eigenvalue weighted by Gasteiger charge is -2.17. The molecule has 1 fully saturated rings. The number of oxime groups is 1. The Labute approximate surface area is 123 Å². The van der Waals surface area contributed by atoms with Crippen LogP contribution in [0.3, 0.4) is 0 Å². The number of aliphatic hydroxyl groups is 1.